The van der Waals surface area contributed by atoms with Crippen molar-refractivity contribution in [2.24, 2.45) is 0 Å². The monoisotopic (exact) mass is 323 g/mol. The fourth-order valence-corrected chi connectivity index (χ4v) is 2.32. The van der Waals surface area contributed by atoms with E-state index in [9.17, 15) is 9.90 Å². The van der Waals surface area contributed by atoms with Crippen molar-refractivity contribution in [1.82, 2.24) is 15.5 Å². The van der Waals surface area contributed by atoms with Gasteiger partial charge in [-0.25, -0.2) is 0 Å². The lowest BCUT2D eigenvalue weighted by molar-refractivity contribution is 0.0932. The van der Waals surface area contributed by atoms with E-state index in [0.717, 1.165) is 11.1 Å². The Labute approximate surface area is 139 Å². The second-order valence-electron chi connectivity index (χ2n) is 5.50. The number of phenols is 1. The first-order chi connectivity index (χ1) is 11.5. The molecular weight excluding hydrogens is 306 g/mol. The van der Waals surface area contributed by atoms with Gasteiger partial charge in [0.15, 0.2) is 5.82 Å². The highest BCUT2D eigenvalue weighted by molar-refractivity contribution is 5.95. The topological polar surface area (TPSA) is 88.2 Å². The summed E-state index contributed by atoms with van der Waals surface area (Å²) in [7, 11) is 0. The van der Waals surface area contributed by atoms with Crippen LogP contribution >= 0.6 is 0 Å². The molecule has 0 aliphatic rings. The van der Waals surface area contributed by atoms with Gasteiger partial charge in [-0.2, -0.15) is 4.98 Å². The molecule has 0 unspecified atom stereocenters. The number of aromatic nitrogens is 2. The number of hydrogen-bond donors (Lipinski definition) is 2. The van der Waals surface area contributed by atoms with E-state index >= 15 is 0 Å². The Balaban J connectivity index is 1.78. The summed E-state index contributed by atoms with van der Waals surface area (Å²) in [6.45, 7) is 3.51. The first kappa shape index (κ1) is 15.7. The minimum atomic E-state index is -0.379. The molecule has 0 aliphatic carbocycles. The average molecular weight is 323 g/mol. The molecule has 3 aromatic rings. The zero-order valence-corrected chi connectivity index (χ0v) is 13.4. The number of aryl methyl sites for hydroxylation is 1. The van der Waals surface area contributed by atoms with E-state index in [0.29, 0.717) is 17.3 Å². The number of amides is 1. The van der Waals surface area contributed by atoms with Crippen LogP contribution in [-0.2, 0) is 0 Å². The lowest BCUT2D eigenvalue weighted by Crippen LogP contribution is -2.26. The number of rotatable bonds is 4. The molecule has 6 heteroatoms. The van der Waals surface area contributed by atoms with Crippen molar-refractivity contribution in [1.29, 1.82) is 0 Å². The van der Waals surface area contributed by atoms with Crippen LogP contribution in [0.25, 0.3) is 11.1 Å². The van der Waals surface area contributed by atoms with Crippen molar-refractivity contribution < 1.29 is 14.4 Å². The molecular formula is C18H17N3O3. The van der Waals surface area contributed by atoms with E-state index < -0.39 is 0 Å². The van der Waals surface area contributed by atoms with Crippen molar-refractivity contribution in [2.75, 3.05) is 0 Å². The number of nitrogens with one attached hydrogen (secondary N) is 1. The first-order valence-corrected chi connectivity index (χ1v) is 7.53. The Morgan fingerprint density at radius 2 is 1.92 bits per heavy atom. The zero-order chi connectivity index (χ0) is 17.1. The molecule has 0 saturated carbocycles. The summed E-state index contributed by atoms with van der Waals surface area (Å²) in [5.74, 6) is 0.881. The minimum absolute atomic E-state index is 0.205. The highest BCUT2D eigenvalue weighted by atomic mass is 16.5. The third kappa shape index (κ3) is 3.43. The Kier molecular flexibility index (Phi) is 4.29. The van der Waals surface area contributed by atoms with Gasteiger partial charge in [0.25, 0.3) is 5.91 Å². The molecule has 0 saturated heterocycles. The molecule has 2 aromatic carbocycles. The van der Waals surface area contributed by atoms with Gasteiger partial charge < -0.3 is 14.9 Å². The Hall–Kier alpha value is -3.15. The Morgan fingerprint density at radius 3 is 2.58 bits per heavy atom. The molecule has 0 spiro atoms. The first-order valence-electron chi connectivity index (χ1n) is 7.53. The number of phenolic OH excluding ortho intramolecular Hbond substituents is 1. The van der Waals surface area contributed by atoms with E-state index in [4.69, 9.17) is 4.52 Å². The van der Waals surface area contributed by atoms with Crippen LogP contribution in [0.4, 0.5) is 0 Å². The van der Waals surface area contributed by atoms with Crippen LogP contribution < -0.4 is 5.32 Å². The van der Waals surface area contributed by atoms with Crippen molar-refractivity contribution in [2.45, 2.75) is 19.9 Å². The molecule has 1 amide bonds. The molecule has 0 radical (unpaired) electrons. The molecule has 1 heterocycles. The van der Waals surface area contributed by atoms with Crippen LogP contribution in [0.3, 0.4) is 0 Å². The third-order valence-corrected chi connectivity index (χ3v) is 3.59. The SMILES string of the molecule is Cc1noc([C@H](C)NC(=O)c2cccc(-c3ccc(O)cc3)c2)n1. The average Bonchev–Trinajstić information content (AvgIpc) is 3.02. The number of aromatic hydroxyl groups is 1. The standard InChI is InChI=1S/C18H17N3O3/c1-11(18-20-12(2)21-24-18)19-17(23)15-5-3-4-14(10-15)13-6-8-16(22)9-7-13/h3-11,22H,1-2H3,(H,19,23)/t11-/m0/s1. The molecule has 2 N–H and O–H groups in total. The molecule has 122 valence electrons. The van der Waals surface area contributed by atoms with Crippen LogP contribution in [0.1, 0.15) is 35.0 Å². The molecule has 3 rings (SSSR count). The Morgan fingerprint density at radius 1 is 1.17 bits per heavy atom. The van der Waals surface area contributed by atoms with Gasteiger partial charge in [-0.1, -0.05) is 29.4 Å². The van der Waals surface area contributed by atoms with Crippen molar-refractivity contribution in [3.8, 4) is 16.9 Å². The van der Waals surface area contributed by atoms with Crippen LogP contribution in [0.2, 0.25) is 0 Å². The fraction of sp³-hybridized carbons (Fsp3) is 0.167. The molecule has 6 nitrogen and oxygen atoms in total. The highest BCUT2D eigenvalue weighted by Gasteiger charge is 2.16. The van der Waals surface area contributed by atoms with Gasteiger partial charge in [-0.15, -0.1) is 0 Å². The molecule has 0 fully saturated rings. The number of carbonyl (C=O) groups is 1. The number of benzene rings is 2. The van der Waals surface area contributed by atoms with Gasteiger partial charge in [0.2, 0.25) is 5.89 Å². The predicted octanol–water partition coefficient (Wildman–Crippen LogP) is 3.24. The second kappa shape index (κ2) is 6.54. The maximum atomic E-state index is 12.4. The van der Waals surface area contributed by atoms with E-state index in [1.165, 1.54) is 0 Å². The van der Waals surface area contributed by atoms with E-state index in [-0.39, 0.29) is 17.7 Å². The summed E-state index contributed by atoms with van der Waals surface area (Å²) in [6.07, 6.45) is 0. The summed E-state index contributed by atoms with van der Waals surface area (Å²) >= 11 is 0. The molecule has 0 bridgehead atoms. The van der Waals surface area contributed by atoms with Gasteiger partial charge >= 0.3 is 0 Å². The largest absolute Gasteiger partial charge is 0.508 e. The quantitative estimate of drug-likeness (QED) is 0.769. The third-order valence-electron chi connectivity index (χ3n) is 3.59. The normalized spacial score (nSPS) is 11.9. The fourth-order valence-electron chi connectivity index (χ4n) is 2.32. The molecule has 1 atom stereocenters. The van der Waals surface area contributed by atoms with Crippen molar-refractivity contribution in [3.63, 3.8) is 0 Å². The van der Waals surface area contributed by atoms with E-state index in [1.807, 2.05) is 12.1 Å². The lowest BCUT2D eigenvalue weighted by atomic mass is 10.0. The summed E-state index contributed by atoms with van der Waals surface area (Å²) in [6, 6.07) is 13.7. The molecule has 1 aromatic heterocycles. The second-order valence-corrected chi connectivity index (χ2v) is 5.50. The van der Waals surface area contributed by atoms with Crippen LogP contribution in [0.5, 0.6) is 5.75 Å². The lowest BCUT2D eigenvalue weighted by Gasteiger charge is -2.11. The number of carbonyl (C=O) groups excluding carboxylic acids is 1. The van der Waals surface area contributed by atoms with Crippen LogP contribution in [0, 0.1) is 6.92 Å². The van der Waals surface area contributed by atoms with Gasteiger partial charge in [-0.3, -0.25) is 4.79 Å². The van der Waals surface area contributed by atoms with E-state index in [1.54, 1.807) is 50.2 Å². The van der Waals surface area contributed by atoms with Crippen molar-refractivity contribution >= 4 is 5.91 Å². The highest BCUT2D eigenvalue weighted by Crippen LogP contribution is 2.23. The van der Waals surface area contributed by atoms with Gasteiger partial charge in [0, 0.05) is 5.56 Å². The Bertz CT molecular complexity index is 856. The van der Waals surface area contributed by atoms with Crippen molar-refractivity contribution in [3.05, 3.63) is 65.8 Å². The maximum Gasteiger partial charge on any atom is 0.251 e. The van der Waals surface area contributed by atoms with Gasteiger partial charge in [0.1, 0.15) is 11.8 Å². The number of nitrogens with zero attached hydrogens (tertiary/aromatic N) is 2. The molecule has 0 aliphatic heterocycles. The summed E-state index contributed by atoms with van der Waals surface area (Å²) in [5, 5.41) is 15.9. The summed E-state index contributed by atoms with van der Waals surface area (Å²) in [5.41, 5.74) is 2.34. The summed E-state index contributed by atoms with van der Waals surface area (Å²) in [4.78, 5) is 16.5. The van der Waals surface area contributed by atoms with Gasteiger partial charge in [-0.05, 0) is 49.2 Å². The predicted molar refractivity (Wildman–Crippen MR) is 88.5 cm³/mol. The zero-order valence-electron chi connectivity index (χ0n) is 13.4. The minimum Gasteiger partial charge on any atom is -0.508 e. The summed E-state index contributed by atoms with van der Waals surface area (Å²) < 4.78 is 5.07. The maximum absolute atomic E-state index is 12.4. The number of hydrogen-bond acceptors (Lipinski definition) is 5. The van der Waals surface area contributed by atoms with E-state index in [2.05, 4.69) is 15.5 Å². The smallest absolute Gasteiger partial charge is 0.251 e. The van der Waals surface area contributed by atoms with Crippen LogP contribution in [-0.4, -0.2) is 21.2 Å². The van der Waals surface area contributed by atoms with Gasteiger partial charge in [0.05, 0.1) is 0 Å². The molecule has 24 heavy (non-hydrogen) atoms. The van der Waals surface area contributed by atoms with Crippen LogP contribution in [0.15, 0.2) is 53.1 Å².